The molecule has 1 aliphatic carbocycles. The molecule has 0 aromatic heterocycles. The van der Waals surface area contributed by atoms with Crippen LogP contribution in [0.1, 0.15) is 39.0 Å². The third-order valence-electron chi connectivity index (χ3n) is 3.42. The number of carboxylic acid groups (broad SMARTS) is 1. The summed E-state index contributed by atoms with van der Waals surface area (Å²) < 4.78 is 23.5. The van der Waals surface area contributed by atoms with Crippen molar-refractivity contribution in [2.45, 2.75) is 49.8 Å². The lowest BCUT2D eigenvalue weighted by atomic mass is 9.92. The van der Waals surface area contributed by atoms with Crippen molar-refractivity contribution >= 4 is 15.8 Å². The molecule has 6 heteroatoms. The highest BCUT2D eigenvalue weighted by molar-refractivity contribution is 7.91. The number of aliphatic carboxylic acids is 1. The van der Waals surface area contributed by atoms with Crippen molar-refractivity contribution in [2.75, 3.05) is 12.8 Å². The number of rotatable bonds is 6. The Balaban J connectivity index is 2.98. The molecule has 1 aliphatic rings. The van der Waals surface area contributed by atoms with Crippen LogP contribution in [0.15, 0.2) is 0 Å². The van der Waals surface area contributed by atoms with Gasteiger partial charge in [0.05, 0.1) is 11.7 Å². The van der Waals surface area contributed by atoms with Crippen molar-refractivity contribution in [3.63, 3.8) is 0 Å². The first-order valence-electron chi connectivity index (χ1n) is 5.97. The van der Waals surface area contributed by atoms with Gasteiger partial charge in [-0.05, 0) is 25.8 Å². The van der Waals surface area contributed by atoms with Gasteiger partial charge in [0.15, 0.2) is 9.84 Å². The zero-order chi connectivity index (χ0) is 13.1. The summed E-state index contributed by atoms with van der Waals surface area (Å²) in [6, 6.07) is 0. The quantitative estimate of drug-likeness (QED) is 0.740. The van der Waals surface area contributed by atoms with Gasteiger partial charge in [0.1, 0.15) is 0 Å². The van der Waals surface area contributed by atoms with Gasteiger partial charge in [0.2, 0.25) is 0 Å². The summed E-state index contributed by atoms with van der Waals surface area (Å²) in [5.41, 5.74) is -0.768. The molecule has 2 unspecified atom stereocenters. The molecule has 0 saturated heterocycles. The normalized spacial score (nSPS) is 29.4. The molecule has 0 amide bonds. The average molecular weight is 263 g/mol. The molecule has 2 N–H and O–H groups in total. The van der Waals surface area contributed by atoms with Crippen molar-refractivity contribution in [1.82, 2.24) is 5.32 Å². The van der Waals surface area contributed by atoms with Crippen molar-refractivity contribution in [1.29, 1.82) is 0 Å². The molecule has 1 fully saturated rings. The van der Waals surface area contributed by atoms with Crippen LogP contribution >= 0.6 is 0 Å². The molecule has 0 aromatic rings. The first-order chi connectivity index (χ1) is 7.82. The molecule has 1 rings (SSSR count). The smallest absolute Gasteiger partial charge is 0.305 e. The largest absolute Gasteiger partial charge is 0.481 e. The number of carboxylic acids is 1. The van der Waals surface area contributed by atoms with Crippen molar-refractivity contribution < 1.29 is 18.3 Å². The lowest BCUT2D eigenvalue weighted by Crippen LogP contribution is -2.55. The number of nitrogens with one attached hydrogen (secondary N) is 1. The Morgan fingerprint density at radius 3 is 2.65 bits per heavy atom. The van der Waals surface area contributed by atoms with Crippen LogP contribution in [0.3, 0.4) is 0 Å². The van der Waals surface area contributed by atoms with E-state index in [0.29, 0.717) is 19.4 Å². The molecule has 5 nitrogen and oxygen atoms in total. The van der Waals surface area contributed by atoms with E-state index in [1.807, 2.05) is 6.92 Å². The van der Waals surface area contributed by atoms with E-state index in [1.54, 1.807) is 0 Å². The van der Waals surface area contributed by atoms with Gasteiger partial charge in [-0.25, -0.2) is 8.42 Å². The van der Waals surface area contributed by atoms with E-state index in [9.17, 15) is 13.2 Å². The summed E-state index contributed by atoms with van der Waals surface area (Å²) in [4.78, 5) is 11.0. The van der Waals surface area contributed by atoms with E-state index >= 15 is 0 Å². The molecule has 0 radical (unpaired) electrons. The second-order valence-corrected chi connectivity index (χ2v) is 7.09. The van der Waals surface area contributed by atoms with E-state index in [1.165, 1.54) is 6.26 Å². The molecule has 0 aromatic carbocycles. The van der Waals surface area contributed by atoms with Crippen LogP contribution in [0.2, 0.25) is 0 Å². The summed E-state index contributed by atoms with van der Waals surface area (Å²) in [5.74, 6) is -0.941. The highest BCUT2D eigenvalue weighted by atomic mass is 32.2. The Morgan fingerprint density at radius 1 is 1.53 bits per heavy atom. The van der Waals surface area contributed by atoms with Gasteiger partial charge in [0, 0.05) is 11.8 Å². The fraction of sp³-hybridized carbons (Fsp3) is 0.909. The number of carbonyl (C=O) groups is 1. The first-order valence-corrected chi connectivity index (χ1v) is 7.93. The van der Waals surface area contributed by atoms with Crippen molar-refractivity contribution in [3.8, 4) is 0 Å². The fourth-order valence-electron chi connectivity index (χ4n) is 2.77. The Morgan fingerprint density at radius 2 is 2.18 bits per heavy atom. The Kier molecular flexibility index (Phi) is 4.55. The van der Waals surface area contributed by atoms with E-state index in [2.05, 4.69) is 5.32 Å². The van der Waals surface area contributed by atoms with Gasteiger partial charge in [-0.1, -0.05) is 13.3 Å². The second kappa shape index (κ2) is 5.35. The predicted molar refractivity (Wildman–Crippen MR) is 65.8 cm³/mol. The lowest BCUT2D eigenvalue weighted by Gasteiger charge is -2.34. The molecule has 1 saturated carbocycles. The minimum atomic E-state index is -3.21. The highest BCUT2D eigenvalue weighted by Gasteiger charge is 2.48. The molecule has 0 aliphatic heterocycles. The van der Waals surface area contributed by atoms with Gasteiger partial charge in [0.25, 0.3) is 0 Å². The van der Waals surface area contributed by atoms with E-state index in [0.717, 1.165) is 12.8 Å². The Hall–Kier alpha value is -0.620. The van der Waals surface area contributed by atoms with Crippen LogP contribution in [-0.4, -0.2) is 43.1 Å². The number of hydrogen-bond acceptors (Lipinski definition) is 4. The average Bonchev–Trinajstić information content (AvgIpc) is 2.57. The van der Waals surface area contributed by atoms with Gasteiger partial charge >= 0.3 is 5.97 Å². The lowest BCUT2D eigenvalue weighted by molar-refractivity contribution is -0.138. The minimum absolute atomic E-state index is 0.120. The molecular formula is C11H21NO4S. The molecule has 0 bridgehead atoms. The zero-order valence-electron chi connectivity index (χ0n) is 10.4. The maximum atomic E-state index is 11.8. The van der Waals surface area contributed by atoms with E-state index < -0.39 is 26.6 Å². The van der Waals surface area contributed by atoms with Crippen LogP contribution in [0.25, 0.3) is 0 Å². The summed E-state index contributed by atoms with van der Waals surface area (Å²) in [7, 11) is -3.21. The van der Waals surface area contributed by atoms with Gasteiger partial charge in [-0.2, -0.15) is 0 Å². The van der Waals surface area contributed by atoms with Crippen LogP contribution in [-0.2, 0) is 14.6 Å². The molecule has 0 heterocycles. The summed E-state index contributed by atoms with van der Waals surface area (Å²) in [5, 5.41) is 11.6. The third kappa shape index (κ3) is 3.42. The molecule has 17 heavy (non-hydrogen) atoms. The summed E-state index contributed by atoms with van der Waals surface area (Å²) >= 11 is 0. The Labute approximate surface area is 103 Å². The molecule has 0 spiro atoms. The maximum Gasteiger partial charge on any atom is 0.305 e. The predicted octanol–water partition coefficient (Wildman–Crippen LogP) is 0.797. The van der Waals surface area contributed by atoms with Crippen molar-refractivity contribution in [2.24, 2.45) is 0 Å². The van der Waals surface area contributed by atoms with Gasteiger partial charge in [-0.15, -0.1) is 0 Å². The van der Waals surface area contributed by atoms with Crippen LogP contribution < -0.4 is 5.32 Å². The van der Waals surface area contributed by atoms with Crippen LogP contribution in [0, 0.1) is 0 Å². The zero-order valence-corrected chi connectivity index (χ0v) is 11.2. The summed E-state index contributed by atoms with van der Waals surface area (Å²) in [6.07, 6.45) is 3.89. The minimum Gasteiger partial charge on any atom is -0.481 e. The fourth-order valence-corrected chi connectivity index (χ4v) is 4.47. The second-order valence-electron chi connectivity index (χ2n) is 4.86. The van der Waals surface area contributed by atoms with Crippen LogP contribution in [0.4, 0.5) is 0 Å². The monoisotopic (exact) mass is 263 g/mol. The van der Waals surface area contributed by atoms with E-state index in [4.69, 9.17) is 5.11 Å². The first kappa shape index (κ1) is 14.4. The summed E-state index contributed by atoms with van der Waals surface area (Å²) in [6.45, 7) is 2.63. The highest BCUT2D eigenvalue weighted by Crippen LogP contribution is 2.37. The number of hydrogen-bond donors (Lipinski definition) is 2. The topological polar surface area (TPSA) is 83.5 Å². The standard InChI is InChI=1S/C11H21NO4S/c1-3-7-12-11(8-10(13)14)6-4-5-9(11)17(2,15)16/h9,12H,3-8H2,1-2H3,(H,13,14). The molecule has 100 valence electrons. The SMILES string of the molecule is CCCNC1(CC(=O)O)CCCC1S(C)(=O)=O. The van der Waals surface area contributed by atoms with E-state index in [-0.39, 0.29) is 6.42 Å². The molecular weight excluding hydrogens is 242 g/mol. The van der Waals surface area contributed by atoms with Gasteiger partial charge in [-0.3, -0.25) is 4.79 Å². The molecule has 2 atom stereocenters. The Bertz CT molecular complexity index is 379. The van der Waals surface area contributed by atoms with Crippen LogP contribution in [0.5, 0.6) is 0 Å². The number of sulfone groups is 1. The maximum absolute atomic E-state index is 11.8. The van der Waals surface area contributed by atoms with Crippen molar-refractivity contribution in [3.05, 3.63) is 0 Å². The van der Waals surface area contributed by atoms with Gasteiger partial charge < -0.3 is 10.4 Å². The third-order valence-corrected chi connectivity index (χ3v) is 5.14.